The second-order valence-corrected chi connectivity index (χ2v) is 7.83. The van der Waals surface area contributed by atoms with Gasteiger partial charge >= 0.3 is 6.36 Å². The van der Waals surface area contributed by atoms with E-state index in [4.69, 9.17) is 4.98 Å². The number of hydrogen-bond acceptors (Lipinski definition) is 5. The van der Waals surface area contributed by atoms with Crippen LogP contribution >= 0.6 is 0 Å². The van der Waals surface area contributed by atoms with Crippen molar-refractivity contribution in [1.82, 2.24) is 19.7 Å². The Morgan fingerprint density at radius 1 is 1.28 bits per heavy atom. The summed E-state index contributed by atoms with van der Waals surface area (Å²) >= 11 is 0. The van der Waals surface area contributed by atoms with Crippen molar-refractivity contribution < 1.29 is 17.9 Å². The molecule has 1 aliphatic heterocycles. The summed E-state index contributed by atoms with van der Waals surface area (Å²) in [6.45, 7) is 6.33. The van der Waals surface area contributed by atoms with Gasteiger partial charge in [0.25, 0.3) is 0 Å². The fourth-order valence-corrected chi connectivity index (χ4v) is 3.54. The fraction of sp³-hybridized carbons (Fsp3) is 0.400. The van der Waals surface area contributed by atoms with E-state index in [1.54, 1.807) is 10.6 Å². The van der Waals surface area contributed by atoms with Crippen LogP contribution in [-0.4, -0.2) is 39.9 Å². The zero-order chi connectivity index (χ0) is 20.6. The predicted molar refractivity (Wildman–Crippen MR) is 104 cm³/mol. The van der Waals surface area contributed by atoms with Gasteiger partial charge in [-0.15, -0.1) is 13.2 Å². The topological polar surface area (TPSA) is 63.5 Å². The molecule has 1 saturated heterocycles. The third kappa shape index (κ3) is 4.29. The number of hydrogen-bond donors (Lipinski definition) is 2. The first-order chi connectivity index (χ1) is 13.7. The summed E-state index contributed by atoms with van der Waals surface area (Å²) in [6, 6.07) is 8.39. The van der Waals surface area contributed by atoms with Crippen LogP contribution in [0.2, 0.25) is 0 Å². The van der Waals surface area contributed by atoms with Crippen molar-refractivity contribution >= 4 is 11.5 Å². The number of nitrogens with zero attached hydrogens (tertiary/aromatic N) is 3. The summed E-state index contributed by atoms with van der Waals surface area (Å²) in [4.78, 5) is 8.90. The molecular formula is C20H22F3N5O. The van der Waals surface area contributed by atoms with E-state index in [-0.39, 0.29) is 17.2 Å². The van der Waals surface area contributed by atoms with Crippen LogP contribution in [0.3, 0.4) is 0 Å². The summed E-state index contributed by atoms with van der Waals surface area (Å²) in [5.74, 6) is 0.439. The lowest BCUT2D eigenvalue weighted by molar-refractivity contribution is -0.274. The number of alkyl halides is 3. The van der Waals surface area contributed by atoms with Crippen LogP contribution in [-0.2, 0) is 0 Å². The van der Waals surface area contributed by atoms with Gasteiger partial charge in [0.1, 0.15) is 17.2 Å². The first-order valence-corrected chi connectivity index (χ1v) is 9.39. The zero-order valence-electron chi connectivity index (χ0n) is 16.1. The molecule has 0 aliphatic carbocycles. The summed E-state index contributed by atoms with van der Waals surface area (Å²) in [5, 5.41) is 6.91. The molecule has 4 heterocycles. The average Bonchev–Trinajstić information content (AvgIpc) is 3.05. The van der Waals surface area contributed by atoms with Crippen LogP contribution < -0.4 is 15.4 Å². The van der Waals surface area contributed by atoms with Gasteiger partial charge < -0.3 is 15.4 Å². The van der Waals surface area contributed by atoms with E-state index in [2.05, 4.69) is 34.2 Å². The molecule has 0 amide bonds. The van der Waals surface area contributed by atoms with Gasteiger partial charge in [0, 0.05) is 24.8 Å². The Labute approximate surface area is 166 Å². The Morgan fingerprint density at radius 2 is 2.10 bits per heavy atom. The number of rotatable bonds is 4. The number of aromatic nitrogens is 3. The monoisotopic (exact) mass is 405 g/mol. The molecule has 1 atom stereocenters. The van der Waals surface area contributed by atoms with E-state index in [0.717, 1.165) is 25.3 Å². The Kier molecular flexibility index (Phi) is 4.85. The van der Waals surface area contributed by atoms with Crippen molar-refractivity contribution in [3.63, 3.8) is 0 Å². The van der Waals surface area contributed by atoms with Gasteiger partial charge in [0.05, 0.1) is 17.6 Å². The van der Waals surface area contributed by atoms with Crippen LogP contribution in [0.15, 0.2) is 42.7 Å². The number of pyridine rings is 2. The minimum Gasteiger partial charge on any atom is -0.406 e. The van der Waals surface area contributed by atoms with Gasteiger partial charge in [-0.05, 0) is 36.6 Å². The lowest BCUT2D eigenvalue weighted by Gasteiger charge is -2.39. The maximum absolute atomic E-state index is 12.4. The molecule has 1 fully saturated rings. The van der Waals surface area contributed by atoms with Gasteiger partial charge in [-0.3, -0.25) is 4.40 Å². The van der Waals surface area contributed by atoms with E-state index in [9.17, 15) is 13.2 Å². The summed E-state index contributed by atoms with van der Waals surface area (Å²) in [5.41, 5.74) is 1.84. The van der Waals surface area contributed by atoms with Crippen LogP contribution in [0, 0.1) is 5.41 Å². The molecule has 2 N–H and O–H groups in total. The van der Waals surface area contributed by atoms with Crippen LogP contribution in [0.4, 0.5) is 19.0 Å². The van der Waals surface area contributed by atoms with Gasteiger partial charge in [0.15, 0.2) is 0 Å². The molecule has 0 aromatic carbocycles. The highest BCUT2D eigenvalue weighted by atomic mass is 19.4. The Balaban J connectivity index is 1.60. The second kappa shape index (κ2) is 7.22. The Hall–Kier alpha value is -2.81. The van der Waals surface area contributed by atoms with Crippen LogP contribution in [0.1, 0.15) is 20.3 Å². The standard InChI is InChI=1S/C20H22F3N5O/c1-19(2)7-8-24-12-16(19)27-17-5-3-4-14(26-17)15-11-25-18-10-13(6-9-28(15)18)29-20(21,22)23/h3-6,9-11,16,24H,7-8,12H2,1-2H3,(H,26,27). The molecule has 4 rings (SSSR count). The molecular weight excluding hydrogens is 383 g/mol. The number of ether oxygens (including phenoxy) is 1. The minimum atomic E-state index is -4.74. The first kappa shape index (κ1) is 19.5. The van der Waals surface area contributed by atoms with Gasteiger partial charge in [-0.1, -0.05) is 19.9 Å². The smallest absolute Gasteiger partial charge is 0.406 e. The number of fused-ring (bicyclic) bond motifs is 1. The summed E-state index contributed by atoms with van der Waals surface area (Å²) < 4.78 is 42.9. The number of halogens is 3. The molecule has 0 bridgehead atoms. The maximum atomic E-state index is 12.4. The van der Waals surface area contributed by atoms with Crippen molar-refractivity contribution in [2.75, 3.05) is 18.4 Å². The Morgan fingerprint density at radius 3 is 2.86 bits per heavy atom. The third-order valence-electron chi connectivity index (χ3n) is 5.29. The highest BCUT2D eigenvalue weighted by Gasteiger charge is 2.32. The van der Waals surface area contributed by atoms with Crippen molar-refractivity contribution in [2.45, 2.75) is 32.7 Å². The van der Waals surface area contributed by atoms with Crippen molar-refractivity contribution in [1.29, 1.82) is 0 Å². The molecule has 3 aromatic heterocycles. The molecule has 9 heteroatoms. The molecule has 1 aliphatic rings. The SMILES string of the molecule is CC1(C)CCNCC1Nc1cccc(-c2cnc3cc(OC(F)(F)F)ccn23)n1. The molecule has 0 saturated carbocycles. The highest BCUT2D eigenvalue weighted by Crippen LogP contribution is 2.30. The molecule has 1 unspecified atom stereocenters. The predicted octanol–water partition coefficient (Wildman–Crippen LogP) is 4.09. The normalized spacial score (nSPS) is 19.3. The maximum Gasteiger partial charge on any atom is 0.573 e. The van der Waals surface area contributed by atoms with Gasteiger partial charge in [-0.25, -0.2) is 9.97 Å². The fourth-order valence-electron chi connectivity index (χ4n) is 3.54. The second-order valence-electron chi connectivity index (χ2n) is 7.83. The number of imidazole rings is 1. The van der Waals surface area contributed by atoms with Crippen molar-refractivity contribution in [2.24, 2.45) is 5.41 Å². The molecule has 0 radical (unpaired) electrons. The van der Waals surface area contributed by atoms with Gasteiger partial charge in [-0.2, -0.15) is 0 Å². The molecule has 0 spiro atoms. The van der Waals surface area contributed by atoms with E-state index in [1.807, 2.05) is 18.2 Å². The van der Waals surface area contributed by atoms with Crippen molar-refractivity contribution in [3.05, 3.63) is 42.7 Å². The van der Waals surface area contributed by atoms with Crippen LogP contribution in [0.5, 0.6) is 5.75 Å². The first-order valence-electron chi connectivity index (χ1n) is 9.39. The van der Waals surface area contributed by atoms with Gasteiger partial charge in [0.2, 0.25) is 0 Å². The molecule has 29 heavy (non-hydrogen) atoms. The molecule has 154 valence electrons. The minimum absolute atomic E-state index is 0.140. The van der Waals surface area contributed by atoms with E-state index >= 15 is 0 Å². The highest BCUT2D eigenvalue weighted by molar-refractivity contribution is 5.63. The average molecular weight is 405 g/mol. The van der Waals surface area contributed by atoms with E-state index in [1.165, 1.54) is 18.3 Å². The Bertz CT molecular complexity index is 1010. The summed E-state index contributed by atoms with van der Waals surface area (Å²) in [6.07, 6.45) is -0.587. The number of piperidine rings is 1. The quantitative estimate of drug-likeness (QED) is 0.685. The third-order valence-corrected chi connectivity index (χ3v) is 5.29. The largest absolute Gasteiger partial charge is 0.573 e. The summed E-state index contributed by atoms with van der Waals surface area (Å²) in [7, 11) is 0. The number of nitrogens with one attached hydrogen (secondary N) is 2. The zero-order valence-corrected chi connectivity index (χ0v) is 16.1. The van der Waals surface area contributed by atoms with Crippen LogP contribution in [0.25, 0.3) is 17.0 Å². The van der Waals surface area contributed by atoms with E-state index < -0.39 is 6.36 Å². The van der Waals surface area contributed by atoms with E-state index in [0.29, 0.717) is 17.0 Å². The number of anilines is 1. The van der Waals surface area contributed by atoms with Crippen molar-refractivity contribution in [3.8, 4) is 17.1 Å². The molecule has 6 nitrogen and oxygen atoms in total. The lowest BCUT2D eigenvalue weighted by Crippen LogP contribution is -2.50. The lowest BCUT2D eigenvalue weighted by atomic mass is 9.79. The molecule has 3 aromatic rings.